The van der Waals surface area contributed by atoms with Gasteiger partial charge in [0.15, 0.2) is 6.10 Å². The summed E-state index contributed by atoms with van der Waals surface area (Å²) in [4.78, 5) is 25.0. The molecule has 0 radical (unpaired) electrons. The summed E-state index contributed by atoms with van der Waals surface area (Å²) in [7, 11) is 0. The van der Waals surface area contributed by atoms with E-state index in [1.165, 1.54) is 29.5 Å². The van der Waals surface area contributed by atoms with Crippen molar-refractivity contribution in [2.75, 3.05) is 5.75 Å². The van der Waals surface area contributed by atoms with Crippen molar-refractivity contribution in [3.8, 4) is 0 Å². The monoisotopic (exact) mass is 403 g/mol. The second-order valence-corrected chi connectivity index (χ2v) is 7.79. The van der Waals surface area contributed by atoms with Crippen LogP contribution in [0.2, 0.25) is 0 Å². The lowest BCUT2D eigenvalue weighted by Gasteiger charge is -2.18. The molecule has 0 aliphatic heterocycles. The van der Waals surface area contributed by atoms with Gasteiger partial charge in [0.2, 0.25) is 0 Å². The van der Waals surface area contributed by atoms with Gasteiger partial charge in [-0.15, -0.1) is 11.8 Å². The number of hydrogen-bond donors (Lipinski definition) is 1. The average Bonchev–Trinajstić information content (AvgIpc) is 2.68. The highest BCUT2D eigenvalue weighted by molar-refractivity contribution is 7.99. The van der Waals surface area contributed by atoms with E-state index in [1.54, 1.807) is 19.1 Å². The molecule has 2 aromatic rings. The Balaban J connectivity index is 1.64. The zero-order valence-corrected chi connectivity index (χ0v) is 17.0. The van der Waals surface area contributed by atoms with Crippen molar-refractivity contribution in [1.82, 2.24) is 5.32 Å². The number of rotatable bonds is 10. The number of carbonyl (C=O) groups excluding carboxylic acids is 2. The van der Waals surface area contributed by atoms with E-state index in [4.69, 9.17) is 4.74 Å². The predicted octanol–water partition coefficient (Wildman–Crippen LogP) is 4.38. The van der Waals surface area contributed by atoms with Crippen molar-refractivity contribution in [3.63, 3.8) is 0 Å². The van der Waals surface area contributed by atoms with Gasteiger partial charge in [-0.05, 0) is 56.5 Å². The van der Waals surface area contributed by atoms with Gasteiger partial charge in [0.1, 0.15) is 5.82 Å². The molecule has 2 atom stereocenters. The van der Waals surface area contributed by atoms with Crippen LogP contribution in [0, 0.1) is 5.82 Å². The van der Waals surface area contributed by atoms with Crippen molar-refractivity contribution in [2.45, 2.75) is 50.2 Å². The topological polar surface area (TPSA) is 55.4 Å². The zero-order chi connectivity index (χ0) is 20.4. The van der Waals surface area contributed by atoms with Gasteiger partial charge < -0.3 is 10.1 Å². The number of hydrogen-bond acceptors (Lipinski definition) is 4. The maximum atomic E-state index is 12.9. The quantitative estimate of drug-likeness (QED) is 0.473. The smallest absolute Gasteiger partial charge is 0.307 e. The number of ether oxygens (including phenoxy) is 1. The van der Waals surface area contributed by atoms with E-state index >= 15 is 0 Å². The fraction of sp³-hybridized carbons (Fsp3) is 0.364. The predicted molar refractivity (Wildman–Crippen MR) is 110 cm³/mol. The van der Waals surface area contributed by atoms with E-state index in [-0.39, 0.29) is 24.2 Å². The maximum absolute atomic E-state index is 12.9. The molecule has 0 saturated carbocycles. The normalized spacial score (nSPS) is 12.8. The number of aryl methyl sites for hydroxylation is 1. The molecule has 4 nitrogen and oxygen atoms in total. The molecule has 6 heteroatoms. The molecule has 0 unspecified atom stereocenters. The van der Waals surface area contributed by atoms with Crippen LogP contribution in [0.15, 0.2) is 59.5 Å². The van der Waals surface area contributed by atoms with Gasteiger partial charge in [-0.2, -0.15) is 0 Å². The first-order chi connectivity index (χ1) is 13.4. The molecule has 0 aromatic heterocycles. The largest absolute Gasteiger partial charge is 0.453 e. The summed E-state index contributed by atoms with van der Waals surface area (Å²) < 4.78 is 18.1. The number of benzene rings is 2. The number of carbonyl (C=O) groups is 2. The third-order valence-corrected chi connectivity index (χ3v) is 5.18. The Morgan fingerprint density at radius 3 is 2.43 bits per heavy atom. The Hall–Kier alpha value is -2.34. The van der Waals surface area contributed by atoms with Crippen molar-refractivity contribution in [2.24, 2.45) is 0 Å². The van der Waals surface area contributed by atoms with Crippen molar-refractivity contribution in [3.05, 3.63) is 66.0 Å². The number of esters is 1. The molecule has 150 valence electrons. The first-order valence-corrected chi connectivity index (χ1v) is 10.3. The first-order valence-electron chi connectivity index (χ1n) is 9.36. The van der Waals surface area contributed by atoms with Gasteiger partial charge in [-0.25, -0.2) is 4.39 Å². The number of thioether (sulfide) groups is 1. The van der Waals surface area contributed by atoms with Gasteiger partial charge in [-0.3, -0.25) is 9.59 Å². The fourth-order valence-corrected chi connectivity index (χ4v) is 3.39. The van der Waals surface area contributed by atoms with Crippen molar-refractivity contribution in [1.29, 1.82) is 0 Å². The van der Waals surface area contributed by atoms with Gasteiger partial charge >= 0.3 is 5.97 Å². The van der Waals surface area contributed by atoms with Crippen LogP contribution in [0.1, 0.15) is 32.3 Å². The van der Waals surface area contributed by atoms with Crippen LogP contribution >= 0.6 is 11.8 Å². The third-order valence-electron chi connectivity index (χ3n) is 4.16. The number of nitrogens with one attached hydrogen (secondary N) is 1. The molecule has 0 saturated heterocycles. The summed E-state index contributed by atoms with van der Waals surface area (Å²) in [5.74, 6) is -0.498. The maximum Gasteiger partial charge on any atom is 0.307 e. The second kappa shape index (κ2) is 11.5. The van der Waals surface area contributed by atoms with E-state index in [2.05, 4.69) is 17.4 Å². The Bertz CT molecular complexity index is 752. The van der Waals surface area contributed by atoms with E-state index in [0.29, 0.717) is 5.75 Å². The molecule has 2 rings (SSSR count). The van der Waals surface area contributed by atoms with Gasteiger partial charge in [0.25, 0.3) is 5.91 Å². The van der Waals surface area contributed by atoms with Crippen LogP contribution in [0.4, 0.5) is 4.39 Å². The standard InChI is InChI=1S/C22H26FNO3S/c1-16(8-9-18-6-4-3-5-7-18)24-22(26)17(2)27-21(25)14-15-28-20-12-10-19(23)11-13-20/h3-7,10-13,16-17H,8-9,14-15H2,1-2H3,(H,24,26)/t16-,17-/m1/s1. The average molecular weight is 404 g/mol. The number of amides is 1. The van der Waals surface area contributed by atoms with Gasteiger partial charge in [0.05, 0.1) is 6.42 Å². The van der Waals surface area contributed by atoms with Crippen LogP contribution < -0.4 is 5.32 Å². The molecule has 0 fully saturated rings. The molecular formula is C22H26FNO3S. The molecule has 0 aliphatic rings. The van der Waals surface area contributed by atoms with Crippen LogP contribution in [0.5, 0.6) is 0 Å². The molecule has 1 amide bonds. The zero-order valence-electron chi connectivity index (χ0n) is 16.2. The minimum atomic E-state index is -0.831. The minimum absolute atomic E-state index is 0.0112. The highest BCUT2D eigenvalue weighted by Crippen LogP contribution is 2.19. The Labute approximate surface area is 169 Å². The molecule has 0 aliphatic carbocycles. The highest BCUT2D eigenvalue weighted by atomic mass is 32.2. The van der Waals surface area contributed by atoms with E-state index in [0.717, 1.165) is 17.7 Å². The lowest BCUT2D eigenvalue weighted by molar-refractivity contribution is -0.154. The first kappa shape index (κ1) is 22.0. The summed E-state index contributed by atoms with van der Waals surface area (Å²) in [6.45, 7) is 3.51. The van der Waals surface area contributed by atoms with Crippen molar-refractivity contribution < 1.29 is 18.7 Å². The molecule has 2 aromatic carbocycles. The fourth-order valence-electron chi connectivity index (χ4n) is 2.55. The summed E-state index contributed by atoms with van der Waals surface area (Å²) in [5, 5.41) is 2.89. The molecule has 0 spiro atoms. The van der Waals surface area contributed by atoms with E-state index < -0.39 is 12.1 Å². The molecular weight excluding hydrogens is 377 g/mol. The second-order valence-electron chi connectivity index (χ2n) is 6.62. The van der Waals surface area contributed by atoms with Crippen LogP contribution in [-0.4, -0.2) is 29.8 Å². The van der Waals surface area contributed by atoms with Crippen molar-refractivity contribution >= 4 is 23.6 Å². The molecule has 0 heterocycles. The molecule has 28 heavy (non-hydrogen) atoms. The summed E-state index contributed by atoms with van der Waals surface area (Å²) in [6, 6.07) is 16.2. The van der Waals surface area contributed by atoms with E-state index in [1.807, 2.05) is 25.1 Å². The Kier molecular flexibility index (Phi) is 9.01. The Morgan fingerprint density at radius 2 is 1.75 bits per heavy atom. The minimum Gasteiger partial charge on any atom is -0.453 e. The van der Waals surface area contributed by atoms with Crippen LogP contribution in [0.25, 0.3) is 0 Å². The van der Waals surface area contributed by atoms with E-state index in [9.17, 15) is 14.0 Å². The third kappa shape index (κ3) is 8.13. The highest BCUT2D eigenvalue weighted by Gasteiger charge is 2.19. The summed E-state index contributed by atoms with van der Waals surface area (Å²) in [6.07, 6.45) is 1.04. The molecule has 1 N–H and O–H groups in total. The molecule has 0 bridgehead atoms. The number of halogens is 1. The summed E-state index contributed by atoms with van der Waals surface area (Å²) >= 11 is 1.44. The van der Waals surface area contributed by atoms with Gasteiger partial charge in [-0.1, -0.05) is 30.3 Å². The lowest BCUT2D eigenvalue weighted by Crippen LogP contribution is -2.41. The van der Waals surface area contributed by atoms with Gasteiger partial charge in [0, 0.05) is 16.7 Å². The SMILES string of the molecule is C[C@H](CCc1ccccc1)NC(=O)[C@@H](C)OC(=O)CCSc1ccc(F)cc1. The lowest BCUT2D eigenvalue weighted by atomic mass is 10.1. The Morgan fingerprint density at radius 1 is 1.07 bits per heavy atom. The van der Waals surface area contributed by atoms with Crippen LogP contribution in [-0.2, 0) is 20.7 Å². The van der Waals surface area contributed by atoms with Crippen LogP contribution in [0.3, 0.4) is 0 Å². The summed E-state index contributed by atoms with van der Waals surface area (Å²) in [5.41, 5.74) is 1.22.